The average molecular weight is 319 g/mol. The van der Waals surface area contributed by atoms with Crippen molar-refractivity contribution in [2.24, 2.45) is 10.8 Å². The Labute approximate surface area is 135 Å². The molecule has 1 aliphatic rings. The summed E-state index contributed by atoms with van der Waals surface area (Å²) >= 11 is 0. The normalized spacial score (nSPS) is 18.4. The van der Waals surface area contributed by atoms with Crippen LogP contribution < -0.4 is 11.2 Å². The molecule has 0 radical (unpaired) electrons. The summed E-state index contributed by atoms with van der Waals surface area (Å²) in [6.45, 7) is 2.01. The van der Waals surface area contributed by atoms with E-state index in [2.05, 4.69) is 22.7 Å². The summed E-state index contributed by atoms with van der Waals surface area (Å²) in [5.74, 6) is 1.13. The van der Waals surface area contributed by atoms with E-state index < -0.39 is 0 Å². The third-order valence-electron chi connectivity index (χ3n) is 3.79. The largest absolute Gasteiger partial charge is 0.468 e. The first-order valence-electron chi connectivity index (χ1n) is 6.94. The van der Waals surface area contributed by atoms with E-state index in [4.69, 9.17) is 15.6 Å². The van der Waals surface area contributed by atoms with E-state index in [9.17, 15) is 0 Å². The highest BCUT2D eigenvalue weighted by atomic mass is 35.5. The second kappa shape index (κ2) is 6.66. The standard InChI is InChI=1S/C16H18N4O.ClH/c1-10-9-21-14-8-12(11-5-3-2-4-6-11)7-13(15(10)14)19-20-16(17)18;/h2-6,9,12H,7-8H2,1H3,(H4,17,18,20);1H. The van der Waals surface area contributed by atoms with E-state index >= 15 is 0 Å². The van der Waals surface area contributed by atoms with Gasteiger partial charge >= 0.3 is 0 Å². The Hall–Kier alpha value is -2.27. The zero-order chi connectivity index (χ0) is 14.8. The number of nitrogens with two attached hydrogens (primary N) is 1. The number of benzene rings is 1. The van der Waals surface area contributed by atoms with E-state index in [1.165, 1.54) is 5.56 Å². The van der Waals surface area contributed by atoms with Gasteiger partial charge in [-0.05, 0) is 30.4 Å². The van der Waals surface area contributed by atoms with Crippen LogP contribution in [0.2, 0.25) is 0 Å². The molecule has 0 aliphatic heterocycles. The number of nitrogens with zero attached hydrogens (tertiary/aromatic N) is 1. The number of nitrogens with one attached hydrogen (secondary N) is 2. The lowest BCUT2D eigenvalue weighted by Crippen LogP contribution is -2.29. The van der Waals surface area contributed by atoms with Gasteiger partial charge in [-0.25, -0.2) is 5.43 Å². The highest BCUT2D eigenvalue weighted by molar-refractivity contribution is 6.04. The van der Waals surface area contributed by atoms with Gasteiger partial charge in [-0.2, -0.15) is 5.10 Å². The summed E-state index contributed by atoms with van der Waals surface area (Å²) in [7, 11) is 0. The molecular weight excluding hydrogens is 300 g/mol. The SMILES string of the molecule is Cc1coc2c1C(=NNC(=N)N)CC(c1ccccc1)C2.Cl. The zero-order valence-electron chi connectivity index (χ0n) is 12.3. The lowest BCUT2D eigenvalue weighted by Gasteiger charge is -2.23. The number of halogens is 1. The van der Waals surface area contributed by atoms with Crippen molar-refractivity contribution in [3.8, 4) is 0 Å². The van der Waals surface area contributed by atoms with Gasteiger partial charge in [0.2, 0.25) is 5.96 Å². The van der Waals surface area contributed by atoms with Gasteiger partial charge in [0.05, 0.1) is 12.0 Å². The molecule has 1 atom stereocenters. The molecule has 0 bridgehead atoms. The molecule has 5 nitrogen and oxygen atoms in total. The monoisotopic (exact) mass is 318 g/mol. The highest BCUT2D eigenvalue weighted by Crippen LogP contribution is 2.35. The quantitative estimate of drug-likeness (QED) is 0.452. The van der Waals surface area contributed by atoms with E-state index in [0.29, 0.717) is 5.92 Å². The van der Waals surface area contributed by atoms with Crippen LogP contribution in [0.4, 0.5) is 0 Å². The maximum absolute atomic E-state index is 7.26. The molecule has 0 fully saturated rings. The van der Waals surface area contributed by atoms with Crippen LogP contribution >= 0.6 is 12.4 Å². The maximum Gasteiger partial charge on any atom is 0.206 e. The average Bonchev–Trinajstić information content (AvgIpc) is 2.87. The topological polar surface area (TPSA) is 87.4 Å². The predicted molar refractivity (Wildman–Crippen MR) is 89.8 cm³/mol. The first-order chi connectivity index (χ1) is 10.1. The van der Waals surface area contributed by atoms with Crippen LogP contribution in [-0.4, -0.2) is 11.7 Å². The van der Waals surface area contributed by atoms with Gasteiger partial charge in [0, 0.05) is 12.0 Å². The first kappa shape index (κ1) is 16.1. The molecule has 6 heteroatoms. The van der Waals surface area contributed by atoms with Crippen molar-refractivity contribution in [1.29, 1.82) is 5.41 Å². The van der Waals surface area contributed by atoms with E-state index in [-0.39, 0.29) is 18.4 Å². The molecule has 2 aromatic rings. The lowest BCUT2D eigenvalue weighted by atomic mass is 9.81. The molecule has 1 aromatic heterocycles. The first-order valence-corrected chi connectivity index (χ1v) is 6.94. The van der Waals surface area contributed by atoms with Crippen LogP contribution in [0, 0.1) is 12.3 Å². The predicted octanol–water partition coefficient (Wildman–Crippen LogP) is 2.93. The molecule has 0 saturated heterocycles. The van der Waals surface area contributed by atoms with E-state index in [1.54, 1.807) is 6.26 Å². The second-order valence-corrected chi connectivity index (χ2v) is 5.32. The summed E-state index contributed by atoms with van der Waals surface area (Å²) in [4.78, 5) is 0. The number of furan rings is 1. The van der Waals surface area contributed by atoms with Crippen molar-refractivity contribution < 1.29 is 4.42 Å². The third-order valence-corrected chi connectivity index (χ3v) is 3.79. The summed E-state index contributed by atoms with van der Waals surface area (Å²) in [6.07, 6.45) is 3.44. The Morgan fingerprint density at radius 3 is 2.73 bits per heavy atom. The summed E-state index contributed by atoms with van der Waals surface area (Å²) in [5, 5.41) is 11.6. The molecule has 22 heavy (non-hydrogen) atoms. The minimum Gasteiger partial charge on any atom is -0.468 e. The van der Waals surface area contributed by atoms with Crippen LogP contribution in [0.15, 0.2) is 46.1 Å². The summed E-state index contributed by atoms with van der Waals surface area (Å²) < 4.78 is 5.68. The number of aryl methyl sites for hydroxylation is 1. The Bertz CT molecular complexity index is 693. The lowest BCUT2D eigenvalue weighted by molar-refractivity contribution is 0.480. The molecule has 4 N–H and O–H groups in total. The van der Waals surface area contributed by atoms with Gasteiger partial charge in [-0.1, -0.05) is 30.3 Å². The van der Waals surface area contributed by atoms with Crippen molar-refractivity contribution in [2.75, 3.05) is 0 Å². The van der Waals surface area contributed by atoms with Crippen LogP contribution in [0.1, 0.15) is 34.8 Å². The van der Waals surface area contributed by atoms with Gasteiger partial charge in [0.1, 0.15) is 5.76 Å². The fourth-order valence-corrected chi connectivity index (χ4v) is 2.86. The van der Waals surface area contributed by atoms with Crippen LogP contribution in [0.25, 0.3) is 0 Å². The molecule has 1 unspecified atom stereocenters. The van der Waals surface area contributed by atoms with Crippen LogP contribution in [0.5, 0.6) is 0 Å². The van der Waals surface area contributed by atoms with Crippen molar-refractivity contribution in [1.82, 2.24) is 5.43 Å². The highest BCUT2D eigenvalue weighted by Gasteiger charge is 2.29. The van der Waals surface area contributed by atoms with Crippen LogP contribution in [0.3, 0.4) is 0 Å². The molecule has 0 spiro atoms. The Kier molecular flexibility index (Phi) is 4.88. The molecule has 1 aliphatic carbocycles. The Morgan fingerprint density at radius 1 is 1.32 bits per heavy atom. The number of hydrazone groups is 1. The molecule has 3 rings (SSSR count). The smallest absolute Gasteiger partial charge is 0.206 e. The summed E-state index contributed by atoms with van der Waals surface area (Å²) in [5.41, 5.74) is 12.2. The number of hydrogen-bond donors (Lipinski definition) is 3. The summed E-state index contributed by atoms with van der Waals surface area (Å²) in [6, 6.07) is 10.4. The Morgan fingerprint density at radius 2 is 2.05 bits per heavy atom. The van der Waals surface area contributed by atoms with Gasteiger partial charge in [0.25, 0.3) is 0 Å². The van der Waals surface area contributed by atoms with Gasteiger partial charge in [-0.3, -0.25) is 5.41 Å². The molecule has 1 heterocycles. The molecular formula is C16H19ClN4O. The number of guanidine groups is 1. The zero-order valence-corrected chi connectivity index (χ0v) is 13.1. The van der Waals surface area contributed by atoms with Crippen molar-refractivity contribution in [3.05, 3.63) is 59.0 Å². The van der Waals surface area contributed by atoms with Crippen molar-refractivity contribution in [2.45, 2.75) is 25.7 Å². The fraction of sp³-hybridized carbons (Fsp3) is 0.250. The van der Waals surface area contributed by atoms with Gasteiger partial charge in [0.15, 0.2) is 0 Å². The molecule has 116 valence electrons. The Balaban J connectivity index is 0.00000176. The van der Waals surface area contributed by atoms with Gasteiger partial charge < -0.3 is 10.2 Å². The van der Waals surface area contributed by atoms with Crippen molar-refractivity contribution >= 4 is 24.1 Å². The third kappa shape index (κ3) is 3.14. The number of rotatable bonds is 2. The maximum atomic E-state index is 7.26. The minimum absolute atomic E-state index is 0. The molecule has 0 saturated carbocycles. The van der Waals surface area contributed by atoms with Crippen LogP contribution in [-0.2, 0) is 6.42 Å². The minimum atomic E-state index is -0.160. The second-order valence-electron chi connectivity index (χ2n) is 5.32. The van der Waals surface area contributed by atoms with E-state index in [0.717, 1.165) is 35.4 Å². The fourth-order valence-electron chi connectivity index (χ4n) is 2.86. The number of fused-ring (bicyclic) bond motifs is 1. The number of hydrogen-bond acceptors (Lipinski definition) is 3. The molecule has 1 aromatic carbocycles. The van der Waals surface area contributed by atoms with Crippen molar-refractivity contribution in [3.63, 3.8) is 0 Å². The van der Waals surface area contributed by atoms with Gasteiger partial charge in [-0.15, -0.1) is 12.4 Å². The molecule has 0 amide bonds. The van der Waals surface area contributed by atoms with E-state index in [1.807, 2.05) is 25.1 Å².